The molecule has 2 aromatic rings. The Balaban J connectivity index is 1.74. The van der Waals surface area contributed by atoms with Crippen molar-refractivity contribution in [3.63, 3.8) is 0 Å². The molecule has 0 bridgehead atoms. The second kappa shape index (κ2) is 10.2. The highest BCUT2D eigenvalue weighted by atomic mass is 32.2. The molecule has 0 spiro atoms. The fraction of sp³-hybridized carbons (Fsp3) is 0.455. The molecule has 2 atom stereocenters. The van der Waals surface area contributed by atoms with E-state index in [9.17, 15) is 13.6 Å². The third-order valence-corrected chi connectivity index (χ3v) is 6.74. The predicted octanol–water partition coefficient (Wildman–Crippen LogP) is 5.15. The molecule has 2 heterocycles. The number of H-pyrrole nitrogens is 1. The van der Waals surface area contributed by atoms with Gasteiger partial charge in [0.05, 0.1) is 6.42 Å². The monoisotopic (exact) mass is 435 g/mol. The maximum Gasteiger partial charge on any atom is 0.434 e. The number of hydrogen-bond acceptors (Lipinski definition) is 5. The van der Waals surface area contributed by atoms with E-state index in [0.717, 1.165) is 25.3 Å². The molecule has 0 amide bonds. The number of hydrogen-bond donors (Lipinski definition) is 1. The van der Waals surface area contributed by atoms with Crippen molar-refractivity contribution in [1.82, 2.24) is 14.5 Å². The van der Waals surface area contributed by atoms with E-state index in [1.165, 1.54) is 11.6 Å². The predicted molar refractivity (Wildman–Crippen MR) is 115 cm³/mol. The molecule has 1 aromatic heterocycles. The Morgan fingerprint density at radius 3 is 2.73 bits per heavy atom. The highest BCUT2D eigenvalue weighted by Gasteiger charge is 2.28. The SMILES string of the molecule is C/C=C(\C=C/CC)C1CC[C@H](C)N(Cc2cc(F)c(Cc3n[nH]c(=O)o3)cc2F)S1. The van der Waals surface area contributed by atoms with Crippen molar-refractivity contribution in [2.45, 2.75) is 64.3 Å². The highest BCUT2D eigenvalue weighted by molar-refractivity contribution is 7.97. The van der Waals surface area contributed by atoms with Crippen LogP contribution in [0, 0.1) is 11.6 Å². The fourth-order valence-electron chi connectivity index (χ4n) is 3.47. The third-order valence-electron chi connectivity index (χ3n) is 5.22. The zero-order chi connectivity index (χ0) is 21.7. The van der Waals surface area contributed by atoms with Gasteiger partial charge in [-0.2, -0.15) is 0 Å². The lowest BCUT2D eigenvalue weighted by Gasteiger charge is -2.37. The molecular weight excluding hydrogens is 408 g/mol. The van der Waals surface area contributed by atoms with E-state index in [1.54, 1.807) is 11.9 Å². The first-order valence-electron chi connectivity index (χ1n) is 10.2. The van der Waals surface area contributed by atoms with E-state index >= 15 is 0 Å². The first-order valence-corrected chi connectivity index (χ1v) is 11.0. The third kappa shape index (κ3) is 5.49. The minimum atomic E-state index is -0.720. The smallest absolute Gasteiger partial charge is 0.392 e. The molecule has 8 heteroatoms. The molecule has 0 radical (unpaired) electrons. The number of aromatic amines is 1. The van der Waals surface area contributed by atoms with E-state index in [-0.39, 0.29) is 23.9 Å². The van der Waals surface area contributed by atoms with Crippen LogP contribution in [0.3, 0.4) is 0 Å². The molecule has 1 aliphatic rings. The Bertz CT molecular complexity index is 983. The second-order valence-corrected chi connectivity index (χ2v) is 8.66. The first kappa shape index (κ1) is 22.5. The van der Waals surface area contributed by atoms with Gasteiger partial charge in [0.25, 0.3) is 0 Å². The van der Waals surface area contributed by atoms with E-state index in [2.05, 4.69) is 46.6 Å². The molecule has 5 nitrogen and oxygen atoms in total. The van der Waals surface area contributed by atoms with Gasteiger partial charge in [-0.3, -0.25) is 0 Å². The number of halogens is 2. The summed E-state index contributed by atoms with van der Waals surface area (Å²) in [5.41, 5.74) is 1.68. The van der Waals surface area contributed by atoms with Gasteiger partial charge in [-0.1, -0.05) is 37.1 Å². The molecule has 1 aromatic carbocycles. The van der Waals surface area contributed by atoms with Crippen LogP contribution in [0.15, 0.2) is 45.1 Å². The van der Waals surface area contributed by atoms with Crippen molar-refractivity contribution in [3.05, 3.63) is 75.1 Å². The summed E-state index contributed by atoms with van der Waals surface area (Å²) < 4.78 is 36.3. The van der Waals surface area contributed by atoms with Crippen LogP contribution in [0.1, 0.15) is 57.1 Å². The normalized spacial score (nSPS) is 20.9. The number of nitrogens with zero attached hydrogens (tertiary/aromatic N) is 2. The lowest BCUT2D eigenvalue weighted by atomic mass is 10.0. The van der Waals surface area contributed by atoms with Crippen LogP contribution < -0.4 is 5.76 Å². The van der Waals surface area contributed by atoms with Crippen molar-refractivity contribution < 1.29 is 13.2 Å². The maximum absolute atomic E-state index is 14.8. The van der Waals surface area contributed by atoms with Gasteiger partial charge in [-0.15, -0.1) is 5.10 Å². The Hall–Kier alpha value is -2.19. The van der Waals surface area contributed by atoms with Gasteiger partial charge in [0.1, 0.15) is 11.6 Å². The molecule has 0 aliphatic carbocycles. The topological polar surface area (TPSA) is 62.1 Å². The van der Waals surface area contributed by atoms with E-state index in [1.807, 2.05) is 6.92 Å². The summed E-state index contributed by atoms with van der Waals surface area (Å²) in [5.74, 6) is -1.71. The van der Waals surface area contributed by atoms with Crippen LogP contribution in [-0.2, 0) is 13.0 Å². The summed E-state index contributed by atoms with van der Waals surface area (Å²) in [6, 6.07) is 2.66. The minimum Gasteiger partial charge on any atom is -0.392 e. The zero-order valence-corrected chi connectivity index (χ0v) is 18.3. The molecule has 0 saturated carbocycles. The van der Waals surface area contributed by atoms with Crippen LogP contribution in [-0.4, -0.2) is 25.8 Å². The van der Waals surface area contributed by atoms with Gasteiger partial charge in [-0.05, 0) is 50.8 Å². The van der Waals surface area contributed by atoms with Crippen molar-refractivity contribution in [2.24, 2.45) is 0 Å². The van der Waals surface area contributed by atoms with Gasteiger partial charge in [-0.25, -0.2) is 23.0 Å². The van der Waals surface area contributed by atoms with Gasteiger partial charge in [0.15, 0.2) is 0 Å². The van der Waals surface area contributed by atoms with Crippen molar-refractivity contribution in [2.75, 3.05) is 0 Å². The van der Waals surface area contributed by atoms with Gasteiger partial charge in [0, 0.05) is 29.0 Å². The average Bonchev–Trinajstić information content (AvgIpc) is 3.13. The maximum atomic E-state index is 14.8. The molecular formula is C22H27F2N3O2S. The Morgan fingerprint density at radius 2 is 2.07 bits per heavy atom. The van der Waals surface area contributed by atoms with E-state index < -0.39 is 17.4 Å². The Kier molecular flexibility index (Phi) is 7.66. The highest BCUT2D eigenvalue weighted by Crippen LogP contribution is 2.37. The van der Waals surface area contributed by atoms with E-state index in [0.29, 0.717) is 17.4 Å². The van der Waals surface area contributed by atoms with E-state index in [4.69, 9.17) is 4.42 Å². The molecule has 1 unspecified atom stereocenters. The van der Waals surface area contributed by atoms with Crippen molar-refractivity contribution in [1.29, 1.82) is 0 Å². The molecule has 3 rings (SSSR count). The van der Waals surface area contributed by atoms with Crippen molar-refractivity contribution >= 4 is 11.9 Å². The first-order chi connectivity index (χ1) is 14.4. The van der Waals surface area contributed by atoms with Crippen molar-refractivity contribution in [3.8, 4) is 0 Å². The van der Waals surface area contributed by atoms with Gasteiger partial charge < -0.3 is 4.42 Å². The summed E-state index contributed by atoms with van der Waals surface area (Å²) >= 11 is 1.70. The molecule has 30 heavy (non-hydrogen) atoms. The van der Waals surface area contributed by atoms with Crippen LogP contribution >= 0.6 is 11.9 Å². The number of benzene rings is 1. The summed E-state index contributed by atoms with van der Waals surface area (Å²) in [6.45, 7) is 6.57. The van der Waals surface area contributed by atoms with Crippen LogP contribution in [0.25, 0.3) is 0 Å². The average molecular weight is 436 g/mol. The summed E-state index contributed by atoms with van der Waals surface area (Å²) in [5, 5.41) is 6.07. The molecule has 1 aliphatic heterocycles. The number of nitrogens with one attached hydrogen (secondary N) is 1. The van der Waals surface area contributed by atoms with Crippen LogP contribution in [0.2, 0.25) is 0 Å². The zero-order valence-electron chi connectivity index (χ0n) is 17.5. The Labute approximate surface area is 179 Å². The molecule has 1 saturated heterocycles. The lowest BCUT2D eigenvalue weighted by Crippen LogP contribution is -2.34. The van der Waals surface area contributed by atoms with Gasteiger partial charge in [0.2, 0.25) is 5.89 Å². The second-order valence-electron chi connectivity index (χ2n) is 7.41. The van der Waals surface area contributed by atoms with Crippen LogP contribution in [0.5, 0.6) is 0 Å². The lowest BCUT2D eigenvalue weighted by molar-refractivity contribution is 0.320. The molecule has 162 valence electrons. The number of rotatable bonds is 7. The summed E-state index contributed by atoms with van der Waals surface area (Å²) in [6.07, 6.45) is 9.37. The fourth-order valence-corrected chi connectivity index (χ4v) is 4.91. The minimum absolute atomic E-state index is 0.0214. The van der Waals surface area contributed by atoms with Gasteiger partial charge >= 0.3 is 5.76 Å². The number of allylic oxidation sites excluding steroid dienone is 3. The quantitative estimate of drug-likeness (QED) is 0.482. The van der Waals surface area contributed by atoms with Crippen LogP contribution in [0.4, 0.5) is 8.78 Å². The Morgan fingerprint density at radius 1 is 1.33 bits per heavy atom. The standard InChI is InChI=1S/C22H27F2N3O2S/c1-4-6-7-15(5-2)20-9-8-14(3)27(30-20)13-17-11-18(23)16(10-19(17)24)12-21-25-26-22(28)29-21/h5-7,10-11,14,20H,4,8-9,12-13H2,1-3H3,(H,26,28)/b7-6-,15-5+/t14-,20?/m0/s1. The molecule has 1 N–H and O–H groups in total. The molecule has 1 fully saturated rings. The summed E-state index contributed by atoms with van der Waals surface area (Å²) in [4.78, 5) is 11.0. The summed E-state index contributed by atoms with van der Waals surface area (Å²) in [7, 11) is 0. The largest absolute Gasteiger partial charge is 0.434 e. The number of aromatic nitrogens is 2.